The molecule has 0 amide bonds. The number of aryl methyl sites for hydroxylation is 2. The second-order valence-corrected chi connectivity index (χ2v) is 5.19. The van der Waals surface area contributed by atoms with Gasteiger partial charge in [0.1, 0.15) is 22.6 Å². The Labute approximate surface area is 131 Å². The Hall–Kier alpha value is -2.96. The third kappa shape index (κ3) is 2.61. The van der Waals surface area contributed by atoms with Crippen molar-refractivity contribution < 1.29 is 13.9 Å². The minimum atomic E-state index is -0.557. The Morgan fingerprint density at radius 2 is 1.96 bits per heavy atom. The molecular formula is C16H15N3O4. The lowest BCUT2D eigenvalue weighted by molar-refractivity contribution is 0.0333. The van der Waals surface area contributed by atoms with E-state index in [0.29, 0.717) is 28.0 Å². The maximum absolute atomic E-state index is 12.3. The molecule has 118 valence electrons. The van der Waals surface area contributed by atoms with E-state index in [2.05, 4.69) is 10.3 Å². The van der Waals surface area contributed by atoms with Gasteiger partial charge in [-0.3, -0.25) is 4.79 Å². The fourth-order valence-corrected chi connectivity index (χ4v) is 2.39. The number of esters is 1. The fourth-order valence-electron chi connectivity index (χ4n) is 2.39. The summed E-state index contributed by atoms with van der Waals surface area (Å²) in [4.78, 5) is 24.5. The van der Waals surface area contributed by atoms with Crippen LogP contribution in [0.4, 0.5) is 0 Å². The molecule has 0 radical (unpaired) electrons. The van der Waals surface area contributed by atoms with Crippen LogP contribution in [-0.2, 0) is 11.5 Å². The van der Waals surface area contributed by atoms with E-state index in [1.54, 1.807) is 45.0 Å². The Morgan fingerprint density at radius 1 is 1.22 bits per heavy atom. The number of rotatable bonds is 3. The van der Waals surface area contributed by atoms with Gasteiger partial charge in [-0.15, -0.1) is 5.10 Å². The van der Waals surface area contributed by atoms with Gasteiger partial charge in [0.15, 0.2) is 6.73 Å². The summed E-state index contributed by atoms with van der Waals surface area (Å²) in [6.45, 7) is 4.94. The summed E-state index contributed by atoms with van der Waals surface area (Å²) in [5.74, 6) is 0.595. The molecule has 1 aromatic carbocycles. The van der Waals surface area contributed by atoms with Gasteiger partial charge in [-0.05, 0) is 32.9 Å². The molecule has 0 aliphatic heterocycles. The number of furan rings is 1. The van der Waals surface area contributed by atoms with E-state index in [0.717, 1.165) is 10.2 Å². The largest absolute Gasteiger partial charge is 0.465 e. The molecule has 0 aliphatic rings. The molecule has 0 saturated carbocycles. The molecule has 0 spiro atoms. The maximum Gasteiger partial charge on any atom is 0.343 e. The van der Waals surface area contributed by atoms with Crippen molar-refractivity contribution in [1.29, 1.82) is 0 Å². The van der Waals surface area contributed by atoms with Crippen molar-refractivity contribution in [2.24, 2.45) is 0 Å². The number of carbonyl (C=O) groups is 1. The van der Waals surface area contributed by atoms with E-state index in [1.165, 1.54) is 0 Å². The summed E-state index contributed by atoms with van der Waals surface area (Å²) in [7, 11) is 0. The van der Waals surface area contributed by atoms with Gasteiger partial charge in [-0.1, -0.05) is 17.3 Å². The van der Waals surface area contributed by atoms with Gasteiger partial charge < -0.3 is 9.15 Å². The van der Waals surface area contributed by atoms with Gasteiger partial charge in [0.25, 0.3) is 5.56 Å². The van der Waals surface area contributed by atoms with Crippen molar-refractivity contribution in [2.45, 2.75) is 27.5 Å². The summed E-state index contributed by atoms with van der Waals surface area (Å²) in [6, 6.07) is 6.86. The molecule has 0 saturated heterocycles. The van der Waals surface area contributed by atoms with Crippen molar-refractivity contribution in [2.75, 3.05) is 0 Å². The molecule has 7 nitrogen and oxygen atoms in total. The van der Waals surface area contributed by atoms with Gasteiger partial charge >= 0.3 is 5.97 Å². The van der Waals surface area contributed by atoms with Crippen LogP contribution in [0.3, 0.4) is 0 Å². The first kappa shape index (κ1) is 15.0. The Morgan fingerprint density at radius 3 is 2.65 bits per heavy atom. The SMILES string of the molecule is Cc1oc(C)c(C(=O)OCn2nnc3ccccc3c2=O)c1C. The zero-order valence-electron chi connectivity index (χ0n) is 13.0. The molecule has 0 bridgehead atoms. The number of carbonyl (C=O) groups excluding carboxylic acids is 1. The number of ether oxygens (including phenoxy) is 1. The van der Waals surface area contributed by atoms with Crippen LogP contribution in [0.2, 0.25) is 0 Å². The van der Waals surface area contributed by atoms with E-state index in [4.69, 9.17) is 9.15 Å². The number of benzene rings is 1. The molecule has 0 fully saturated rings. The van der Waals surface area contributed by atoms with Crippen molar-refractivity contribution in [3.63, 3.8) is 0 Å². The molecule has 7 heteroatoms. The number of hydrogen-bond donors (Lipinski definition) is 0. The lowest BCUT2D eigenvalue weighted by atomic mass is 10.1. The van der Waals surface area contributed by atoms with Crippen LogP contribution in [0.1, 0.15) is 27.4 Å². The second-order valence-electron chi connectivity index (χ2n) is 5.19. The van der Waals surface area contributed by atoms with Crippen LogP contribution >= 0.6 is 0 Å². The number of nitrogens with zero attached hydrogens (tertiary/aromatic N) is 3. The van der Waals surface area contributed by atoms with Gasteiger partial charge in [0.2, 0.25) is 0 Å². The lowest BCUT2D eigenvalue weighted by Crippen LogP contribution is -2.26. The van der Waals surface area contributed by atoms with Crippen molar-refractivity contribution in [1.82, 2.24) is 15.0 Å². The minimum Gasteiger partial charge on any atom is -0.465 e. The van der Waals surface area contributed by atoms with Gasteiger partial charge in [0.05, 0.1) is 5.39 Å². The lowest BCUT2D eigenvalue weighted by Gasteiger charge is -2.06. The molecule has 23 heavy (non-hydrogen) atoms. The summed E-state index contributed by atoms with van der Waals surface area (Å²) in [6.07, 6.45) is 0. The van der Waals surface area contributed by atoms with Gasteiger partial charge in [-0.2, -0.15) is 4.68 Å². The smallest absolute Gasteiger partial charge is 0.343 e. The fraction of sp³-hybridized carbons (Fsp3) is 0.250. The zero-order chi connectivity index (χ0) is 16.6. The van der Waals surface area contributed by atoms with Crippen LogP contribution in [0.5, 0.6) is 0 Å². The number of hydrogen-bond acceptors (Lipinski definition) is 6. The molecule has 0 atom stereocenters. The molecule has 2 aromatic heterocycles. The molecule has 0 unspecified atom stereocenters. The first-order valence-corrected chi connectivity index (χ1v) is 7.05. The first-order valence-electron chi connectivity index (χ1n) is 7.05. The Bertz CT molecular complexity index is 956. The second kappa shape index (κ2) is 5.68. The Balaban J connectivity index is 1.85. The highest BCUT2D eigenvalue weighted by Gasteiger charge is 2.20. The topological polar surface area (TPSA) is 87.2 Å². The van der Waals surface area contributed by atoms with Gasteiger partial charge in [-0.25, -0.2) is 4.79 Å². The van der Waals surface area contributed by atoms with Crippen LogP contribution in [-0.4, -0.2) is 21.0 Å². The van der Waals surface area contributed by atoms with E-state index in [9.17, 15) is 9.59 Å². The summed E-state index contributed by atoms with van der Waals surface area (Å²) in [5.41, 5.74) is 1.24. The standard InChI is InChI=1S/C16H15N3O4/c1-9-10(2)23-11(3)14(9)16(21)22-8-19-15(20)12-6-4-5-7-13(12)17-18-19/h4-7H,8H2,1-3H3. The summed E-state index contributed by atoms with van der Waals surface area (Å²) >= 11 is 0. The van der Waals surface area contributed by atoms with Crippen molar-refractivity contribution in [3.8, 4) is 0 Å². The summed E-state index contributed by atoms with van der Waals surface area (Å²) < 4.78 is 11.6. The average molecular weight is 313 g/mol. The highest BCUT2D eigenvalue weighted by molar-refractivity contribution is 5.92. The molecule has 3 aromatic rings. The molecule has 0 aliphatic carbocycles. The normalized spacial score (nSPS) is 10.9. The van der Waals surface area contributed by atoms with E-state index in [1.807, 2.05) is 0 Å². The monoisotopic (exact) mass is 313 g/mol. The molecule has 2 heterocycles. The Kier molecular flexibility index (Phi) is 3.69. The quantitative estimate of drug-likeness (QED) is 0.688. The summed E-state index contributed by atoms with van der Waals surface area (Å²) in [5, 5.41) is 8.13. The molecule has 0 N–H and O–H groups in total. The van der Waals surface area contributed by atoms with E-state index in [-0.39, 0.29) is 12.3 Å². The highest BCUT2D eigenvalue weighted by atomic mass is 16.5. The molecule has 3 rings (SSSR count). The maximum atomic E-state index is 12.3. The van der Waals surface area contributed by atoms with Crippen LogP contribution in [0.15, 0.2) is 33.5 Å². The van der Waals surface area contributed by atoms with E-state index < -0.39 is 5.97 Å². The van der Waals surface area contributed by atoms with E-state index >= 15 is 0 Å². The molecular weight excluding hydrogens is 298 g/mol. The predicted molar refractivity (Wildman–Crippen MR) is 82.1 cm³/mol. The third-order valence-electron chi connectivity index (χ3n) is 3.71. The third-order valence-corrected chi connectivity index (χ3v) is 3.71. The van der Waals surface area contributed by atoms with Crippen LogP contribution in [0.25, 0.3) is 10.9 Å². The van der Waals surface area contributed by atoms with Crippen molar-refractivity contribution in [3.05, 3.63) is 57.3 Å². The zero-order valence-corrected chi connectivity index (χ0v) is 13.0. The predicted octanol–water partition coefficient (Wildman–Crippen LogP) is 2.12. The van der Waals surface area contributed by atoms with Crippen LogP contribution < -0.4 is 5.56 Å². The van der Waals surface area contributed by atoms with Crippen molar-refractivity contribution >= 4 is 16.9 Å². The average Bonchev–Trinajstić information content (AvgIpc) is 2.79. The van der Waals surface area contributed by atoms with Gasteiger partial charge in [0, 0.05) is 5.56 Å². The first-order chi connectivity index (χ1) is 11.0. The minimum absolute atomic E-state index is 0.307. The van der Waals surface area contributed by atoms with Crippen LogP contribution in [0, 0.1) is 20.8 Å². The number of aromatic nitrogens is 3. The number of fused-ring (bicyclic) bond motifs is 1. The highest BCUT2D eigenvalue weighted by Crippen LogP contribution is 2.21.